The van der Waals surface area contributed by atoms with Crippen molar-refractivity contribution in [3.63, 3.8) is 0 Å². The lowest BCUT2D eigenvalue weighted by Crippen LogP contribution is -2.12. The number of hydrogen-bond donors (Lipinski definition) is 0. The first-order chi connectivity index (χ1) is 7.20. The van der Waals surface area contributed by atoms with Crippen molar-refractivity contribution in [3.8, 4) is 0 Å². The molecule has 0 aromatic carbocycles. The predicted octanol–water partition coefficient (Wildman–Crippen LogP) is 0.410. The summed E-state index contributed by atoms with van der Waals surface area (Å²) in [7, 11) is 1.55. The number of nitrogens with zero attached hydrogens (tertiary/aromatic N) is 3. The Balaban J connectivity index is 2.61. The Bertz CT molecular complexity index is 335. The van der Waals surface area contributed by atoms with Crippen molar-refractivity contribution in [1.82, 2.24) is 15.0 Å². The van der Waals surface area contributed by atoms with Crippen molar-refractivity contribution in [2.75, 3.05) is 20.3 Å². The average molecular weight is 213 g/mol. The van der Waals surface area contributed by atoms with Gasteiger partial charge in [0.05, 0.1) is 12.3 Å². The first-order valence-electron chi connectivity index (χ1n) is 4.76. The fraction of sp³-hybridized carbons (Fsp3) is 0.667. The highest BCUT2D eigenvalue weighted by Crippen LogP contribution is 2.04. The van der Waals surface area contributed by atoms with Crippen LogP contribution in [0.3, 0.4) is 0 Å². The van der Waals surface area contributed by atoms with Crippen LogP contribution in [-0.2, 0) is 16.0 Å². The summed E-state index contributed by atoms with van der Waals surface area (Å²) < 4.78 is 11.3. The summed E-state index contributed by atoms with van der Waals surface area (Å²) in [4.78, 5) is 11.5. The van der Waals surface area contributed by atoms with E-state index < -0.39 is 5.97 Å². The minimum Gasteiger partial charge on any atom is -0.458 e. The summed E-state index contributed by atoms with van der Waals surface area (Å²) in [5.41, 5.74) is 0.993. The van der Waals surface area contributed by atoms with E-state index in [1.165, 1.54) is 0 Å². The van der Waals surface area contributed by atoms with Crippen LogP contribution in [0.15, 0.2) is 0 Å². The maximum atomic E-state index is 11.5. The molecule has 1 aromatic heterocycles. The molecule has 1 rings (SSSR count). The molecule has 0 aliphatic rings. The van der Waals surface area contributed by atoms with E-state index in [0.29, 0.717) is 13.2 Å². The lowest BCUT2D eigenvalue weighted by Gasteiger charge is -2.02. The number of methoxy groups -OCH3 is 1. The molecule has 0 saturated carbocycles. The third-order valence-corrected chi connectivity index (χ3v) is 2.00. The van der Waals surface area contributed by atoms with Gasteiger partial charge in [0.15, 0.2) is 5.69 Å². The van der Waals surface area contributed by atoms with Crippen LogP contribution in [-0.4, -0.2) is 41.3 Å². The van der Waals surface area contributed by atoms with Crippen LogP contribution >= 0.6 is 0 Å². The minimum atomic E-state index is -0.454. The molecule has 6 heteroatoms. The van der Waals surface area contributed by atoms with Gasteiger partial charge in [0, 0.05) is 13.7 Å². The Kier molecular flexibility index (Phi) is 4.23. The molecule has 0 bridgehead atoms. The molecule has 0 fully saturated rings. The van der Waals surface area contributed by atoms with Gasteiger partial charge in [0.1, 0.15) is 6.61 Å². The molecule has 0 aliphatic heterocycles. The molecule has 1 aromatic rings. The molecular weight excluding hydrogens is 198 g/mol. The Morgan fingerprint density at radius 1 is 1.47 bits per heavy atom. The maximum Gasteiger partial charge on any atom is 0.360 e. The third kappa shape index (κ3) is 2.76. The van der Waals surface area contributed by atoms with Gasteiger partial charge in [0.2, 0.25) is 0 Å². The molecule has 1 heterocycles. The zero-order valence-electron chi connectivity index (χ0n) is 9.19. The van der Waals surface area contributed by atoms with Crippen LogP contribution in [0.5, 0.6) is 0 Å². The summed E-state index contributed by atoms with van der Waals surface area (Å²) in [6, 6.07) is 0. The number of aromatic nitrogens is 3. The van der Waals surface area contributed by atoms with Crippen molar-refractivity contribution >= 4 is 5.97 Å². The summed E-state index contributed by atoms with van der Waals surface area (Å²) in [6.07, 6.45) is 0. The Morgan fingerprint density at radius 3 is 2.73 bits per heavy atom. The summed E-state index contributed by atoms with van der Waals surface area (Å²) in [6.45, 7) is 5.02. The Morgan fingerprint density at radius 2 is 2.20 bits per heavy atom. The molecule has 0 atom stereocenters. The van der Waals surface area contributed by atoms with Gasteiger partial charge < -0.3 is 9.47 Å². The predicted molar refractivity (Wildman–Crippen MR) is 52.6 cm³/mol. The standard InChI is InChI=1S/C9H15N3O3/c1-4-12-7(2)8(10-11-12)9(13)15-6-5-14-3/h4-6H2,1-3H3. The van der Waals surface area contributed by atoms with Gasteiger partial charge in [-0.05, 0) is 13.8 Å². The van der Waals surface area contributed by atoms with Crippen molar-refractivity contribution < 1.29 is 14.3 Å². The summed E-state index contributed by atoms with van der Waals surface area (Å²) in [5.74, 6) is -0.454. The van der Waals surface area contributed by atoms with Gasteiger partial charge in [-0.1, -0.05) is 5.21 Å². The van der Waals surface area contributed by atoms with Crippen LogP contribution in [0.2, 0.25) is 0 Å². The van der Waals surface area contributed by atoms with Crippen molar-refractivity contribution in [1.29, 1.82) is 0 Å². The van der Waals surface area contributed by atoms with Crippen molar-refractivity contribution in [2.45, 2.75) is 20.4 Å². The fourth-order valence-electron chi connectivity index (χ4n) is 1.14. The lowest BCUT2D eigenvalue weighted by atomic mass is 10.3. The Labute approximate surface area is 88.2 Å². The zero-order valence-corrected chi connectivity index (χ0v) is 9.19. The topological polar surface area (TPSA) is 66.2 Å². The number of hydrogen-bond acceptors (Lipinski definition) is 5. The fourth-order valence-corrected chi connectivity index (χ4v) is 1.14. The lowest BCUT2D eigenvalue weighted by molar-refractivity contribution is 0.0380. The normalized spacial score (nSPS) is 10.3. The third-order valence-electron chi connectivity index (χ3n) is 2.00. The van der Waals surface area contributed by atoms with Crippen LogP contribution in [0, 0.1) is 6.92 Å². The molecule has 0 unspecified atom stereocenters. The first-order valence-corrected chi connectivity index (χ1v) is 4.76. The quantitative estimate of drug-likeness (QED) is 0.523. The van der Waals surface area contributed by atoms with E-state index in [0.717, 1.165) is 5.69 Å². The molecule has 84 valence electrons. The van der Waals surface area contributed by atoms with Crippen LogP contribution in [0.1, 0.15) is 23.1 Å². The first kappa shape index (κ1) is 11.6. The smallest absolute Gasteiger partial charge is 0.360 e. The van der Waals surface area contributed by atoms with Gasteiger partial charge in [0.25, 0.3) is 0 Å². The van der Waals surface area contributed by atoms with Gasteiger partial charge in [-0.3, -0.25) is 0 Å². The average Bonchev–Trinajstić information content (AvgIpc) is 2.60. The number of carbonyl (C=O) groups excluding carboxylic acids is 1. The molecular formula is C9H15N3O3. The summed E-state index contributed by atoms with van der Waals surface area (Å²) in [5, 5.41) is 7.58. The second kappa shape index (κ2) is 5.45. The molecule has 0 amide bonds. The van der Waals surface area contributed by atoms with E-state index in [9.17, 15) is 4.79 Å². The zero-order chi connectivity index (χ0) is 11.3. The van der Waals surface area contributed by atoms with Crippen molar-refractivity contribution in [2.24, 2.45) is 0 Å². The molecule has 0 aliphatic carbocycles. The monoisotopic (exact) mass is 213 g/mol. The van der Waals surface area contributed by atoms with E-state index in [-0.39, 0.29) is 12.3 Å². The van der Waals surface area contributed by atoms with Gasteiger partial charge >= 0.3 is 5.97 Å². The van der Waals surface area contributed by atoms with E-state index in [4.69, 9.17) is 9.47 Å². The second-order valence-corrected chi connectivity index (χ2v) is 2.97. The molecule has 0 N–H and O–H groups in total. The van der Waals surface area contributed by atoms with Crippen LogP contribution < -0.4 is 0 Å². The van der Waals surface area contributed by atoms with Gasteiger partial charge in [-0.2, -0.15) is 0 Å². The van der Waals surface area contributed by atoms with E-state index in [1.54, 1.807) is 18.7 Å². The molecule has 0 spiro atoms. The van der Waals surface area contributed by atoms with E-state index in [2.05, 4.69) is 10.3 Å². The summed E-state index contributed by atoms with van der Waals surface area (Å²) >= 11 is 0. The van der Waals surface area contributed by atoms with Crippen molar-refractivity contribution in [3.05, 3.63) is 11.4 Å². The molecule has 6 nitrogen and oxygen atoms in total. The largest absolute Gasteiger partial charge is 0.458 e. The molecule has 0 saturated heterocycles. The second-order valence-electron chi connectivity index (χ2n) is 2.97. The number of carbonyl (C=O) groups is 1. The van der Waals surface area contributed by atoms with Gasteiger partial charge in [-0.25, -0.2) is 9.48 Å². The number of aryl methyl sites for hydroxylation is 1. The minimum absolute atomic E-state index is 0.230. The highest BCUT2D eigenvalue weighted by atomic mass is 16.6. The Hall–Kier alpha value is -1.43. The molecule has 15 heavy (non-hydrogen) atoms. The molecule has 0 radical (unpaired) electrons. The number of rotatable bonds is 5. The van der Waals surface area contributed by atoms with E-state index in [1.807, 2.05) is 6.92 Å². The van der Waals surface area contributed by atoms with Crippen LogP contribution in [0.25, 0.3) is 0 Å². The highest BCUT2D eigenvalue weighted by Gasteiger charge is 2.16. The van der Waals surface area contributed by atoms with Gasteiger partial charge in [-0.15, -0.1) is 5.10 Å². The highest BCUT2D eigenvalue weighted by molar-refractivity contribution is 5.88. The van der Waals surface area contributed by atoms with E-state index >= 15 is 0 Å². The number of ether oxygens (including phenoxy) is 2. The van der Waals surface area contributed by atoms with Crippen LogP contribution in [0.4, 0.5) is 0 Å². The number of esters is 1. The SMILES string of the molecule is CCn1nnc(C(=O)OCCOC)c1C. The maximum absolute atomic E-state index is 11.5.